The molecule has 4 rings (SSSR count). The maximum absolute atomic E-state index is 12.8. The summed E-state index contributed by atoms with van der Waals surface area (Å²) in [5, 5.41) is 2.98. The van der Waals surface area contributed by atoms with E-state index in [1.54, 1.807) is 47.4 Å². The van der Waals surface area contributed by atoms with Gasteiger partial charge in [-0.2, -0.15) is 0 Å². The van der Waals surface area contributed by atoms with Gasteiger partial charge in [0, 0.05) is 43.5 Å². The average Bonchev–Trinajstić information content (AvgIpc) is 3.58. The highest BCUT2D eigenvalue weighted by Gasteiger charge is 2.26. The number of anilines is 1. The van der Waals surface area contributed by atoms with E-state index in [1.165, 1.54) is 12.1 Å². The second-order valence-electron chi connectivity index (χ2n) is 7.91. The largest absolute Gasteiger partial charge is 0.352 e. The van der Waals surface area contributed by atoms with Gasteiger partial charge in [-0.3, -0.25) is 19.2 Å². The van der Waals surface area contributed by atoms with Gasteiger partial charge >= 0.3 is 0 Å². The number of hydrogen-bond donors (Lipinski definition) is 2. The first kappa shape index (κ1) is 21.3. The Kier molecular flexibility index (Phi) is 6.24. The standard InChI is InChI=1S/C22H26N4O4S/c27-21(23-18-10-11-18)16-25-12-14-26(15-13-25)22(28)17-6-8-19(9-7-17)24-31(29,30)20-4-2-1-3-5-20/h1-9,18,24H,10-16H2,(H,23,27). The van der Waals surface area contributed by atoms with Gasteiger partial charge in [0.15, 0.2) is 0 Å². The predicted octanol–water partition coefficient (Wildman–Crippen LogP) is 1.52. The lowest BCUT2D eigenvalue weighted by molar-refractivity contribution is -0.122. The van der Waals surface area contributed by atoms with Crippen LogP contribution in [0.3, 0.4) is 0 Å². The molecule has 164 valence electrons. The summed E-state index contributed by atoms with van der Waals surface area (Å²) >= 11 is 0. The predicted molar refractivity (Wildman–Crippen MR) is 117 cm³/mol. The number of rotatable bonds is 7. The molecule has 1 aliphatic carbocycles. The summed E-state index contributed by atoms with van der Waals surface area (Å²) in [5.41, 5.74) is 0.898. The van der Waals surface area contributed by atoms with E-state index in [4.69, 9.17) is 0 Å². The van der Waals surface area contributed by atoms with E-state index in [0.717, 1.165) is 12.8 Å². The molecule has 31 heavy (non-hydrogen) atoms. The summed E-state index contributed by atoms with van der Waals surface area (Å²) < 4.78 is 27.4. The molecule has 0 spiro atoms. The van der Waals surface area contributed by atoms with Gasteiger partial charge in [-0.25, -0.2) is 8.42 Å². The lowest BCUT2D eigenvalue weighted by atomic mass is 10.1. The Bertz CT molecular complexity index is 1030. The Labute approximate surface area is 182 Å². The molecular formula is C22H26N4O4S. The van der Waals surface area contributed by atoms with Crippen molar-refractivity contribution in [3.8, 4) is 0 Å². The van der Waals surface area contributed by atoms with Crippen LogP contribution in [0, 0.1) is 0 Å². The van der Waals surface area contributed by atoms with Crippen LogP contribution in [-0.4, -0.2) is 68.8 Å². The maximum atomic E-state index is 12.8. The number of sulfonamides is 1. The van der Waals surface area contributed by atoms with Crippen molar-refractivity contribution >= 4 is 27.5 Å². The maximum Gasteiger partial charge on any atom is 0.261 e. The van der Waals surface area contributed by atoms with Gasteiger partial charge in [0.25, 0.3) is 15.9 Å². The molecule has 1 saturated heterocycles. The number of nitrogens with one attached hydrogen (secondary N) is 2. The van der Waals surface area contributed by atoms with Gasteiger partial charge in [0.05, 0.1) is 11.4 Å². The minimum absolute atomic E-state index is 0.0517. The highest BCUT2D eigenvalue weighted by molar-refractivity contribution is 7.92. The first-order chi connectivity index (χ1) is 14.9. The minimum Gasteiger partial charge on any atom is -0.352 e. The third-order valence-corrected chi connectivity index (χ3v) is 6.80. The molecule has 2 aromatic carbocycles. The molecule has 1 saturated carbocycles. The van der Waals surface area contributed by atoms with Gasteiger partial charge in [-0.15, -0.1) is 0 Å². The normalized spacial score (nSPS) is 17.2. The molecule has 0 radical (unpaired) electrons. The van der Waals surface area contributed by atoms with Crippen molar-refractivity contribution in [2.24, 2.45) is 0 Å². The lowest BCUT2D eigenvalue weighted by Crippen LogP contribution is -2.51. The van der Waals surface area contributed by atoms with Crippen LogP contribution in [0.1, 0.15) is 23.2 Å². The van der Waals surface area contributed by atoms with Crippen LogP contribution in [-0.2, 0) is 14.8 Å². The van der Waals surface area contributed by atoms with Crippen LogP contribution in [0.2, 0.25) is 0 Å². The highest BCUT2D eigenvalue weighted by Crippen LogP contribution is 2.19. The number of carbonyl (C=O) groups excluding carboxylic acids is 2. The van der Waals surface area contributed by atoms with Crippen molar-refractivity contribution in [1.29, 1.82) is 0 Å². The van der Waals surface area contributed by atoms with Crippen molar-refractivity contribution in [2.45, 2.75) is 23.8 Å². The average molecular weight is 443 g/mol. The van der Waals surface area contributed by atoms with Gasteiger partial charge in [0.1, 0.15) is 0 Å². The summed E-state index contributed by atoms with van der Waals surface area (Å²) in [6, 6.07) is 14.9. The van der Waals surface area contributed by atoms with E-state index in [2.05, 4.69) is 14.9 Å². The minimum atomic E-state index is -3.67. The molecule has 0 aromatic heterocycles. The fourth-order valence-electron chi connectivity index (χ4n) is 3.49. The third-order valence-electron chi connectivity index (χ3n) is 5.41. The molecule has 8 nitrogen and oxygen atoms in total. The smallest absolute Gasteiger partial charge is 0.261 e. The van der Waals surface area contributed by atoms with E-state index in [-0.39, 0.29) is 16.7 Å². The van der Waals surface area contributed by atoms with Gasteiger partial charge in [0.2, 0.25) is 5.91 Å². The third kappa shape index (κ3) is 5.62. The van der Waals surface area contributed by atoms with E-state index in [9.17, 15) is 18.0 Å². The molecule has 9 heteroatoms. The highest BCUT2D eigenvalue weighted by atomic mass is 32.2. The molecule has 2 aromatic rings. The molecule has 2 amide bonds. The van der Waals surface area contributed by atoms with Gasteiger partial charge in [-0.1, -0.05) is 18.2 Å². The van der Waals surface area contributed by atoms with E-state index >= 15 is 0 Å². The number of nitrogens with zero attached hydrogens (tertiary/aromatic N) is 2. The second-order valence-corrected chi connectivity index (χ2v) is 9.59. The van der Waals surface area contributed by atoms with E-state index in [1.807, 2.05) is 0 Å². The first-order valence-electron chi connectivity index (χ1n) is 10.4. The van der Waals surface area contributed by atoms with Crippen LogP contribution in [0.4, 0.5) is 5.69 Å². The fourth-order valence-corrected chi connectivity index (χ4v) is 4.57. The van der Waals surface area contributed by atoms with Crippen LogP contribution in [0.25, 0.3) is 0 Å². The first-order valence-corrected chi connectivity index (χ1v) is 11.9. The molecule has 0 atom stereocenters. The molecule has 2 fully saturated rings. The van der Waals surface area contributed by atoms with Crippen LogP contribution < -0.4 is 10.0 Å². The Morgan fingerprint density at radius 2 is 1.55 bits per heavy atom. The molecule has 1 heterocycles. The topological polar surface area (TPSA) is 98.8 Å². The Balaban J connectivity index is 1.30. The molecule has 0 unspecified atom stereocenters. The summed E-state index contributed by atoms with van der Waals surface area (Å²) in [5.74, 6) is -0.0460. The monoisotopic (exact) mass is 442 g/mol. The van der Waals surface area contributed by atoms with Gasteiger partial charge in [-0.05, 0) is 49.2 Å². The molecule has 1 aliphatic heterocycles. The van der Waals surface area contributed by atoms with E-state index < -0.39 is 10.0 Å². The Morgan fingerprint density at radius 1 is 0.903 bits per heavy atom. The fraction of sp³-hybridized carbons (Fsp3) is 0.364. The van der Waals surface area contributed by atoms with Crippen LogP contribution in [0.5, 0.6) is 0 Å². The Morgan fingerprint density at radius 3 is 2.16 bits per heavy atom. The number of hydrogen-bond acceptors (Lipinski definition) is 5. The number of benzene rings is 2. The zero-order valence-corrected chi connectivity index (χ0v) is 18.0. The molecule has 0 bridgehead atoms. The van der Waals surface area contributed by atoms with Crippen molar-refractivity contribution < 1.29 is 18.0 Å². The summed E-state index contributed by atoms with van der Waals surface area (Å²) in [4.78, 5) is 28.7. The quantitative estimate of drug-likeness (QED) is 0.678. The van der Waals surface area contributed by atoms with Crippen LogP contribution in [0.15, 0.2) is 59.5 Å². The van der Waals surface area contributed by atoms with Crippen molar-refractivity contribution in [3.63, 3.8) is 0 Å². The summed E-state index contributed by atoms with van der Waals surface area (Å²) in [6.07, 6.45) is 2.14. The second kappa shape index (κ2) is 9.07. The molecule has 2 aliphatic rings. The number of amides is 2. The van der Waals surface area contributed by atoms with E-state index in [0.29, 0.717) is 50.0 Å². The zero-order valence-electron chi connectivity index (χ0n) is 17.2. The summed E-state index contributed by atoms with van der Waals surface area (Å²) in [6.45, 7) is 2.78. The zero-order chi connectivity index (χ0) is 21.8. The van der Waals surface area contributed by atoms with Crippen molar-refractivity contribution in [3.05, 3.63) is 60.2 Å². The van der Waals surface area contributed by atoms with Crippen molar-refractivity contribution in [1.82, 2.24) is 15.1 Å². The summed E-state index contributed by atoms with van der Waals surface area (Å²) in [7, 11) is -3.67. The number of piperazine rings is 1. The van der Waals surface area contributed by atoms with Gasteiger partial charge < -0.3 is 10.2 Å². The SMILES string of the molecule is O=C(CN1CCN(C(=O)c2ccc(NS(=O)(=O)c3ccccc3)cc2)CC1)NC1CC1. The van der Waals surface area contributed by atoms with Crippen LogP contribution >= 0.6 is 0 Å². The number of carbonyl (C=O) groups is 2. The lowest BCUT2D eigenvalue weighted by Gasteiger charge is -2.34. The molecule has 2 N–H and O–H groups in total. The molecular weight excluding hydrogens is 416 g/mol. The Hall–Kier alpha value is -2.91. The van der Waals surface area contributed by atoms with Crippen molar-refractivity contribution in [2.75, 3.05) is 37.4 Å².